The smallest absolute Gasteiger partial charge is 0.148 e. The number of phenols is 1. The standard InChI is InChI=1S/C10H10N4O5S2/c15-10-7-4-2-1-3-6(7)8(11-13-20(16)17)5-9(10)12-14-21(18)19/h1-5,12,14-15H,(H,16,17)(H,18,19)/p-2. The summed E-state index contributed by atoms with van der Waals surface area (Å²) < 4.78 is 44.9. The summed E-state index contributed by atoms with van der Waals surface area (Å²) in [5, 5.41) is 14.4. The Kier molecular flexibility index (Phi) is 4.93. The van der Waals surface area contributed by atoms with Gasteiger partial charge in [0.25, 0.3) is 0 Å². The molecule has 2 aromatic rings. The van der Waals surface area contributed by atoms with Crippen LogP contribution < -0.4 is 10.3 Å². The predicted molar refractivity (Wildman–Crippen MR) is 74.7 cm³/mol. The molecule has 0 aliphatic carbocycles. The van der Waals surface area contributed by atoms with E-state index in [1.165, 1.54) is 6.07 Å². The van der Waals surface area contributed by atoms with Crippen LogP contribution in [0.25, 0.3) is 10.8 Å². The van der Waals surface area contributed by atoms with Gasteiger partial charge in [0.1, 0.15) is 5.75 Å². The Labute approximate surface area is 123 Å². The highest BCUT2D eigenvalue weighted by molar-refractivity contribution is 7.77. The van der Waals surface area contributed by atoms with Gasteiger partial charge in [0.05, 0.1) is 22.6 Å². The highest BCUT2D eigenvalue weighted by Crippen LogP contribution is 2.39. The lowest BCUT2D eigenvalue weighted by molar-refractivity contribution is 0.483. The number of aromatic hydroxyl groups is 1. The van der Waals surface area contributed by atoms with Crippen LogP contribution in [0.2, 0.25) is 0 Å². The highest BCUT2D eigenvalue weighted by atomic mass is 32.2. The maximum Gasteiger partial charge on any atom is 0.148 e. The molecular weight excluding hydrogens is 320 g/mol. The van der Waals surface area contributed by atoms with Crippen LogP contribution in [-0.4, -0.2) is 22.6 Å². The van der Waals surface area contributed by atoms with Crippen molar-refractivity contribution in [1.29, 1.82) is 0 Å². The Morgan fingerprint density at radius 2 is 1.81 bits per heavy atom. The number of rotatable bonds is 5. The second-order valence-electron chi connectivity index (χ2n) is 3.70. The van der Waals surface area contributed by atoms with Crippen molar-refractivity contribution in [2.75, 3.05) is 5.43 Å². The van der Waals surface area contributed by atoms with Crippen LogP contribution in [0.5, 0.6) is 5.75 Å². The van der Waals surface area contributed by atoms with Crippen molar-refractivity contribution < 1.29 is 22.6 Å². The van der Waals surface area contributed by atoms with Gasteiger partial charge in [0.15, 0.2) is 0 Å². The normalized spacial score (nSPS) is 14.4. The van der Waals surface area contributed by atoms with E-state index in [-0.39, 0.29) is 17.1 Å². The fourth-order valence-electron chi connectivity index (χ4n) is 1.69. The van der Waals surface area contributed by atoms with Crippen molar-refractivity contribution in [2.45, 2.75) is 0 Å². The molecule has 0 spiro atoms. The quantitative estimate of drug-likeness (QED) is 0.324. The number of hydrazine groups is 1. The van der Waals surface area contributed by atoms with E-state index >= 15 is 0 Å². The Bertz CT molecular complexity index is 752. The summed E-state index contributed by atoms with van der Waals surface area (Å²) in [7, 11) is 0. The lowest BCUT2D eigenvalue weighted by Gasteiger charge is -2.14. The van der Waals surface area contributed by atoms with Gasteiger partial charge < -0.3 is 19.6 Å². The summed E-state index contributed by atoms with van der Waals surface area (Å²) in [5.41, 5.74) is 2.41. The first kappa shape index (κ1) is 15.5. The summed E-state index contributed by atoms with van der Waals surface area (Å²) in [4.78, 5) is 1.87. The van der Waals surface area contributed by atoms with Gasteiger partial charge in [-0.2, -0.15) is 4.83 Å². The van der Waals surface area contributed by atoms with Crippen LogP contribution >= 0.6 is 0 Å². The van der Waals surface area contributed by atoms with Crippen molar-refractivity contribution in [1.82, 2.24) is 4.83 Å². The molecule has 9 nitrogen and oxygen atoms in total. The van der Waals surface area contributed by atoms with Crippen molar-refractivity contribution in [2.24, 2.45) is 9.63 Å². The topological polar surface area (TPSA) is 149 Å². The molecule has 3 N–H and O–H groups in total. The fraction of sp³-hybridized carbons (Fsp3) is 0. The number of anilines is 1. The largest absolute Gasteiger partial charge is 0.759 e. The van der Waals surface area contributed by atoms with Crippen LogP contribution in [0, 0.1) is 0 Å². The van der Waals surface area contributed by atoms with Gasteiger partial charge in [-0.05, 0) is 6.07 Å². The molecule has 0 bridgehead atoms. The van der Waals surface area contributed by atoms with E-state index in [2.05, 4.69) is 15.1 Å². The van der Waals surface area contributed by atoms with Gasteiger partial charge in [-0.15, -0.1) is 5.11 Å². The second-order valence-corrected chi connectivity index (χ2v) is 4.97. The summed E-state index contributed by atoms with van der Waals surface area (Å²) in [6, 6.07) is 7.76. The van der Waals surface area contributed by atoms with Crippen molar-refractivity contribution >= 4 is 44.7 Å². The molecule has 0 fully saturated rings. The van der Waals surface area contributed by atoms with Crippen LogP contribution in [0.3, 0.4) is 0 Å². The van der Waals surface area contributed by atoms with Crippen LogP contribution in [0.15, 0.2) is 40.0 Å². The molecule has 0 amide bonds. The summed E-state index contributed by atoms with van der Waals surface area (Å²) in [5.74, 6) is -0.217. The maximum atomic E-state index is 10.5. The van der Waals surface area contributed by atoms with E-state index < -0.39 is 22.5 Å². The van der Waals surface area contributed by atoms with Gasteiger partial charge in [-0.1, -0.05) is 28.8 Å². The zero-order valence-corrected chi connectivity index (χ0v) is 11.8. The Hall–Kier alpha value is -1.92. The number of hydrogen-bond acceptors (Lipinski definition) is 7. The van der Waals surface area contributed by atoms with Crippen LogP contribution in [0.1, 0.15) is 0 Å². The minimum absolute atomic E-state index is 0.00327. The fourth-order valence-corrected chi connectivity index (χ4v) is 2.04. The molecule has 0 radical (unpaired) electrons. The third-order valence-corrected chi connectivity index (χ3v) is 2.96. The predicted octanol–water partition coefficient (Wildman–Crippen LogP) is 1.13. The lowest BCUT2D eigenvalue weighted by atomic mass is 10.1. The minimum atomic E-state index is -2.72. The van der Waals surface area contributed by atoms with Gasteiger partial charge in [-0.3, -0.25) is 4.21 Å². The average Bonchev–Trinajstić information content (AvgIpc) is 2.45. The van der Waals surface area contributed by atoms with Gasteiger partial charge in [-0.25, -0.2) is 4.21 Å². The van der Waals surface area contributed by atoms with E-state index in [1.807, 2.05) is 4.83 Å². The molecule has 112 valence electrons. The lowest BCUT2D eigenvalue weighted by Crippen LogP contribution is -2.23. The molecule has 21 heavy (non-hydrogen) atoms. The molecule has 0 aliphatic heterocycles. The zero-order chi connectivity index (χ0) is 15.4. The number of nitrogens with zero attached hydrogens (tertiary/aromatic N) is 2. The van der Waals surface area contributed by atoms with Crippen molar-refractivity contribution in [3.8, 4) is 5.75 Å². The Balaban J connectivity index is 2.57. The molecule has 0 aliphatic rings. The van der Waals surface area contributed by atoms with E-state index in [4.69, 9.17) is 0 Å². The van der Waals surface area contributed by atoms with E-state index in [9.17, 15) is 22.6 Å². The highest BCUT2D eigenvalue weighted by Gasteiger charge is 2.11. The van der Waals surface area contributed by atoms with Crippen LogP contribution in [-0.2, 0) is 22.5 Å². The first-order chi connectivity index (χ1) is 9.99. The maximum absolute atomic E-state index is 10.5. The molecule has 2 unspecified atom stereocenters. The van der Waals surface area contributed by atoms with Crippen molar-refractivity contribution in [3.63, 3.8) is 0 Å². The molecule has 11 heteroatoms. The average molecular weight is 328 g/mol. The van der Waals surface area contributed by atoms with Crippen molar-refractivity contribution in [3.05, 3.63) is 30.3 Å². The van der Waals surface area contributed by atoms with E-state index in [1.54, 1.807) is 24.3 Å². The molecule has 2 atom stereocenters. The first-order valence-electron chi connectivity index (χ1n) is 5.36. The van der Waals surface area contributed by atoms with E-state index in [0.29, 0.717) is 10.8 Å². The SMILES string of the molecule is O=S([O-])N=Nc1cc(NNS(=O)[O-])c(O)c2ccccc12. The van der Waals surface area contributed by atoms with Gasteiger partial charge >= 0.3 is 0 Å². The molecular formula is C10H8N4O5S2-2. The minimum Gasteiger partial charge on any atom is -0.759 e. The number of nitrogens with one attached hydrogen (secondary N) is 2. The van der Waals surface area contributed by atoms with Gasteiger partial charge in [0.2, 0.25) is 0 Å². The molecule has 0 saturated heterocycles. The molecule has 2 aromatic carbocycles. The number of hydrogen-bond donors (Lipinski definition) is 3. The number of benzene rings is 2. The molecule has 0 aromatic heterocycles. The molecule has 2 rings (SSSR count). The van der Waals surface area contributed by atoms with Gasteiger partial charge in [0, 0.05) is 22.0 Å². The zero-order valence-electron chi connectivity index (χ0n) is 10.2. The number of fused-ring (bicyclic) bond motifs is 1. The van der Waals surface area contributed by atoms with E-state index in [0.717, 1.165) is 0 Å². The molecule has 0 saturated carbocycles. The summed E-state index contributed by atoms with van der Waals surface area (Å²) >= 11 is -5.32. The third kappa shape index (κ3) is 3.80. The summed E-state index contributed by atoms with van der Waals surface area (Å²) in [6.45, 7) is 0. The second kappa shape index (κ2) is 6.69. The Morgan fingerprint density at radius 3 is 2.43 bits per heavy atom. The number of phenolic OH excluding ortho intramolecular Hbond substituents is 1. The monoisotopic (exact) mass is 328 g/mol. The van der Waals surface area contributed by atoms with Crippen LogP contribution in [0.4, 0.5) is 11.4 Å². The first-order valence-corrected chi connectivity index (χ1v) is 7.46. The Morgan fingerprint density at radius 1 is 1.14 bits per heavy atom. The summed E-state index contributed by atoms with van der Waals surface area (Å²) in [6.07, 6.45) is 0. The molecule has 0 heterocycles. The third-order valence-electron chi connectivity index (χ3n) is 2.48.